The normalized spacial score (nSPS) is 10.9. The van der Waals surface area contributed by atoms with Gasteiger partial charge in [0.15, 0.2) is 10.9 Å². The molecule has 0 aliphatic carbocycles. The fourth-order valence-corrected chi connectivity index (χ4v) is 3.25. The summed E-state index contributed by atoms with van der Waals surface area (Å²) in [7, 11) is 0. The lowest BCUT2D eigenvalue weighted by atomic mass is 10.2. The van der Waals surface area contributed by atoms with E-state index in [0.717, 1.165) is 17.1 Å². The molecule has 7 heteroatoms. The summed E-state index contributed by atoms with van der Waals surface area (Å²) in [5, 5.41) is 0.445. The molecule has 0 aliphatic rings. The van der Waals surface area contributed by atoms with Crippen LogP contribution < -0.4 is 5.56 Å². The highest BCUT2D eigenvalue weighted by atomic mass is 32.2. The standard InChI is InChI=1S/C17H17N3O3S/c1-11-8-14(12(2)20(11)9-13-4-3-7-23-13)15(21)10-24-17-18-6-5-16(22)19-17/h3-8H,9-10H2,1-2H3,(H,18,19,22). The Kier molecular flexibility index (Phi) is 4.71. The third kappa shape index (κ3) is 3.51. The van der Waals surface area contributed by atoms with Crippen LogP contribution in [0.1, 0.15) is 27.5 Å². The second-order valence-electron chi connectivity index (χ2n) is 5.40. The summed E-state index contributed by atoms with van der Waals surface area (Å²) in [6.07, 6.45) is 3.07. The molecule has 0 amide bonds. The largest absolute Gasteiger partial charge is 0.467 e. The minimum Gasteiger partial charge on any atom is -0.467 e. The van der Waals surface area contributed by atoms with Gasteiger partial charge in [0.25, 0.3) is 5.56 Å². The number of rotatable bonds is 6. The van der Waals surface area contributed by atoms with Gasteiger partial charge in [-0.3, -0.25) is 9.59 Å². The van der Waals surface area contributed by atoms with Crippen molar-refractivity contribution in [3.8, 4) is 0 Å². The quantitative estimate of drug-likeness (QED) is 0.423. The molecule has 0 saturated carbocycles. The zero-order valence-electron chi connectivity index (χ0n) is 13.4. The summed E-state index contributed by atoms with van der Waals surface area (Å²) < 4.78 is 7.44. The van der Waals surface area contributed by atoms with Gasteiger partial charge in [0.1, 0.15) is 5.76 Å². The predicted octanol–water partition coefficient (Wildman–Crippen LogP) is 2.80. The van der Waals surface area contributed by atoms with Gasteiger partial charge in [-0.05, 0) is 32.0 Å². The van der Waals surface area contributed by atoms with Crippen molar-refractivity contribution in [3.05, 3.63) is 69.8 Å². The molecule has 3 aromatic rings. The molecular weight excluding hydrogens is 326 g/mol. The van der Waals surface area contributed by atoms with Crippen molar-refractivity contribution in [1.29, 1.82) is 0 Å². The van der Waals surface area contributed by atoms with E-state index in [1.165, 1.54) is 24.0 Å². The van der Waals surface area contributed by atoms with E-state index in [1.807, 2.05) is 32.0 Å². The first-order chi connectivity index (χ1) is 11.5. The van der Waals surface area contributed by atoms with E-state index in [4.69, 9.17) is 4.42 Å². The third-order valence-electron chi connectivity index (χ3n) is 3.76. The third-order valence-corrected chi connectivity index (χ3v) is 4.64. The van der Waals surface area contributed by atoms with Gasteiger partial charge < -0.3 is 14.0 Å². The molecule has 124 valence electrons. The Morgan fingerprint density at radius 1 is 1.38 bits per heavy atom. The molecule has 0 radical (unpaired) electrons. The highest BCUT2D eigenvalue weighted by Crippen LogP contribution is 2.20. The number of hydrogen-bond acceptors (Lipinski definition) is 5. The van der Waals surface area contributed by atoms with E-state index in [2.05, 4.69) is 14.5 Å². The zero-order chi connectivity index (χ0) is 17.1. The summed E-state index contributed by atoms with van der Waals surface area (Å²) in [6, 6.07) is 6.99. The van der Waals surface area contributed by atoms with Crippen LogP contribution in [-0.4, -0.2) is 26.1 Å². The second kappa shape index (κ2) is 6.92. The van der Waals surface area contributed by atoms with Gasteiger partial charge in [-0.1, -0.05) is 11.8 Å². The van der Waals surface area contributed by atoms with E-state index >= 15 is 0 Å². The summed E-state index contributed by atoms with van der Waals surface area (Å²) in [4.78, 5) is 30.4. The lowest BCUT2D eigenvalue weighted by Crippen LogP contribution is -2.09. The van der Waals surface area contributed by atoms with Crippen LogP contribution in [0.25, 0.3) is 0 Å². The number of ketones is 1. The first-order valence-electron chi connectivity index (χ1n) is 7.45. The van der Waals surface area contributed by atoms with Crippen LogP contribution in [0.4, 0.5) is 0 Å². The maximum Gasteiger partial charge on any atom is 0.251 e. The number of carbonyl (C=O) groups is 1. The monoisotopic (exact) mass is 343 g/mol. The number of hydrogen-bond donors (Lipinski definition) is 1. The zero-order valence-corrected chi connectivity index (χ0v) is 14.2. The van der Waals surface area contributed by atoms with Gasteiger partial charge in [0, 0.05) is 29.2 Å². The molecule has 0 unspecified atom stereocenters. The second-order valence-corrected chi connectivity index (χ2v) is 6.37. The Balaban J connectivity index is 1.74. The van der Waals surface area contributed by atoms with Crippen LogP contribution >= 0.6 is 11.8 Å². The van der Waals surface area contributed by atoms with Crippen LogP contribution in [0.15, 0.2) is 51.1 Å². The molecule has 0 saturated heterocycles. The number of aromatic nitrogens is 3. The number of furan rings is 1. The van der Waals surface area contributed by atoms with Crippen LogP contribution in [0.5, 0.6) is 0 Å². The molecule has 0 aromatic carbocycles. The fraction of sp³-hybridized carbons (Fsp3) is 0.235. The molecule has 0 atom stereocenters. The molecule has 3 aromatic heterocycles. The highest BCUT2D eigenvalue weighted by Gasteiger charge is 2.17. The van der Waals surface area contributed by atoms with Crippen molar-refractivity contribution >= 4 is 17.5 Å². The molecule has 3 rings (SSSR count). The number of carbonyl (C=O) groups excluding carboxylic acids is 1. The number of thioether (sulfide) groups is 1. The molecule has 0 fully saturated rings. The Morgan fingerprint density at radius 2 is 2.21 bits per heavy atom. The molecule has 0 aliphatic heterocycles. The average molecular weight is 343 g/mol. The minimum atomic E-state index is -0.225. The van der Waals surface area contributed by atoms with Crippen molar-refractivity contribution in [2.24, 2.45) is 0 Å². The molecule has 0 bridgehead atoms. The van der Waals surface area contributed by atoms with Crippen molar-refractivity contribution in [2.75, 3.05) is 5.75 Å². The predicted molar refractivity (Wildman–Crippen MR) is 91.6 cm³/mol. The molecule has 6 nitrogen and oxygen atoms in total. The van der Waals surface area contributed by atoms with Gasteiger partial charge in [-0.15, -0.1) is 0 Å². The Hall–Kier alpha value is -2.54. The Bertz CT molecular complexity index is 910. The molecule has 0 spiro atoms. The topological polar surface area (TPSA) is 80.9 Å². The van der Waals surface area contributed by atoms with E-state index in [9.17, 15) is 9.59 Å². The van der Waals surface area contributed by atoms with Gasteiger partial charge in [0.2, 0.25) is 0 Å². The summed E-state index contributed by atoms with van der Waals surface area (Å²) in [6.45, 7) is 4.49. The van der Waals surface area contributed by atoms with Gasteiger partial charge in [-0.2, -0.15) is 0 Å². The first kappa shape index (κ1) is 16.3. The number of aryl methyl sites for hydroxylation is 1. The van der Waals surface area contributed by atoms with Crippen LogP contribution in [-0.2, 0) is 6.54 Å². The number of nitrogens with one attached hydrogen (secondary N) is 1. The van der Waals surface area contributed by atoms with Crippen molar-refractivity contribution < 1.29 is 9.21 Å². The van der Waals surface area contributed by atoms with E-state index in [1.54, 1.807) is 6.26 Å². The smallest absolute Gasteiger partial charge is 0.251 e. The number of H-pyrrole nitrogens is 1. The van der Waals surface area contributed by atoms with E-state index in [0.29, 0.717) is 17.3 Å². The van der Waals surface area contributed by atoms with Crippen LogP contribution in [0.3, 0.4) is 0 Å². The first-order valence-corrected chi connectivity index (χ1v) is 8.43. The van der Waals surface area contributed by atoms with Crippen LogP contribution in [0.2, 0.25) is 0 Å². The number of aromatic amines is 1. The lowest BCUT2D eigenvalue weighted by Gasteiger charge is -2.07. The van der Waals surface area contributed by atoms with E-state index < -0.39 is 0 Å². The molecular formula is C17H17N3O3S. The van der Waals surface area contributed by atoms with E-state index in [-0.39, 0.29) is 17.1 Å². The highest BCUT2D eigenvalue weighted by molar-refractivity contribution is 7.99. The van der Waals surface area contributed by atoms with Crippen molar-refractivity contribution in [3.63, 3.8) is 0 Å². The van der Waals surface area contributed by atoms with Crippen molar-refractivity contribution in [1.82, 2.24) is 14.5 Å². The minimum absolute atomic E-state index is 0.00490. The Labute approximate surface area is 142 Å². The number of Topliss-reactive ketones (excluding diaryl/α,β-unsaturated/α-hetero) is 1. The molecule has 24 heavy (non-hydrogen) atoms. The van der Waals surface area contributed by atoms with Gasteiger partial charge >= 0.3 is 0 Å². The molecule has 3 heterocycles. The maximum atomic E-state index is 12.5. The summed E-state index contributed by atoms with van der Waals surface area (Å²) in [5.74, 6) is 1.07. The SMILES string of the molecule is Cc1cc(C(=O)CSc2nccc(=O)[nH]2)c(C)n1Cc1ccco1. The number of nitrogens with zero attached hydrogens (tertiary/aromatic N) is 2. The Morgan fingerprint density at radius 3 is 2.92 bits per heavy atom. The summed E-state index contributed by atoms with van der Waals surface area (Å²) >= 11 is 1.22. The summed E-state index contributed by atoms with van der Waals surface area (Å²) in [5.41, 5.74) is 2.37. The van der Waals surface area contributed by atoms with Crippen LogP contribution in [0, 0.1) is 13.8 Å². The fourth-order valence-electron chi connectivity index (χ4n) is 2.52. The van der Waals surface area contributed by atoms with Gasteiger partial charge in [-0.25, -0.2) is 4.98 Å². The lowest BCUT2D eigenvalue weighted by molar-refractivity contribution is 0.102. The van der Waals surface area contributed by atoms with Gasteiger partial charge in [0.05, 0.1) is 18.6 Å². The average Bonchev–Trinajstić information content (AvgIpc) is 3.16. The molecule has 1 N–H and O–H groups in total. The van der Waals surface area contributed by atoms with Crippen molar-refractivity contribution in [2.45, 2.75) is 25.5 Å². The maximum absolute atomic E-state index is 12.5.